The molecule has 3 atom stereocenters. The maximum atomic E-state index is 12.6. The third-order valence-electron chi connectivity index (χ3n) is 5.53. The van der Waals surface area contributed by atoms with E-state index in [-0.39, 0.29) is 38.2 Å². The molecule has 2 saturated heterocycles. The molecular weight excluding hydrogens is 468 g/mol. The van der Waals surface area contributed by atoms with Crippen molar-refractivity contribution in [2.75, 3.05) is 6.54 Å². The summed E-state index contributed by atoms with van der Waals surface area (Å²) in [6.07, 6.45) is 9.97. The van der Waals surface area contributed by atoms with Crippen LogP contribution < -0.4 is 0 Å². The number of hydrogen-bond donors (Lipinski definition) is 0. The molecule has 2 aromatic rings. The molecule has 6 nitrogen and oxygen atoms in total. The molecule has 3 unspecified atom stereocenters. The molecule has 31 heavy (non-hydrogen) atoms. The summed E-state index contributed by atoms with van der Waals surface area (Å²) in [4.78, 5) is 7.76. The summed E-state index contributed by atoms with van der Waals surface area (Å²) in [6, 6.07) is 5.82. The first-order valence-electron chi connectivity index (χ1n) is 10.2. The van der Waals surface area contributed by atoms with E-state index >= 15 is 0 Å². The maximum absolute atomic E-state index is 12.6. The van der Waals surface area contributed by atoms with E-state index in [9.17, 15) is 4.39 Å². The molecular formula is C23H29FN6Y-2. The van der Waals surface area contributed by atoms with Gasteiger partial charge in [-0.1, -0.05) is 50.5 Å². The number of benzene rings is 1. The molecule has 3 aliphatic rings. The largest absolute Gasteiger partial charge is 0.699 e. The maximum Gasteiger partial charge on any atom is 0.159 e. The van der Waals surface area contributed by atoms with Crippen LogP contribution in [0.5, 0.6) is 0 Å². The van der Waals surface area contributed by atoms with Crippen molar-refractivity contribution in [2.45, 2.75) is 51.6 Å². The Morgan fingerprint density at radius 1 is 1.35 bits per heavy atom. The van der Waals surface area contributed by atoms with Crippen LogP contribution in [0.1, 0.15) is 38.7 Å². The van der Waals surface area contributed by atoms with Crippen LogP contribution in [0.25, 0.3) is 22.4 Å². The molecule has 1 radical (unpaired) electrons. The van der Waals surface area contributed by atoms with Crippen molar-refractivity contribution in [3.8, 4) is 11.4 Å². The quantitative estimate of drug-likeness (QED) is 0.374. The van der Waals surface area contributed by atoms with E-state index in [0.29, 0.717) is 17.6 Å². The number of nitrogens with one attached hydrogen (secondary N) is 1. The Labute approximate surface area is 209 Å². The number of aromatic nitrogens is 2. The predicted molar refractivity (Wildman–Crippen MR) is 120 cm³/mol. The fourth-order valence-corrected chi connectivity index (χ4v) is 4.39. The van der Waals surface area contributed by atoms with Gasteiger partial charge >= 0.3 is 0 Å². The third kappa shape index (κ3) is 6.64. The van der Waals surface area contributed by atoms with Crippen molar-refractivity contribution in [1.29, 1.82) is 0 Å². The third-order valence-corrected chi connectivity index (χ3v) is 5.53. The fourth-order valence-electron chi connectivity index (χ4n) is 4.39. The minimum atomic E-state index is -0.460. The summed E-state index contributed by atoms with van der Waals surface area (Å²) in [7, 11) is 0. The van der Waals surface area contributed by atoms with E-state index in [1.807, 2.05) is 37.2 Å². The van der Waals surface area contributed by atoms with Gasteiger partial charge in [0.05, 0.1) is 12.4 Å². The summed E-state index contributed by atoms with van der Waals surface area (Å²) in [5, 5.41) is 10.7. The normalized spacial score (nSPS) is 23.7. The first kappa shape index (κ1) is 25.6. The van der Waals surface area contributed by atoms with Gasteiger partial charge in [0.25, 0.3) is 0 Å². The molecule has 1 aromatic carbocycles. The number of hydrogen-bond acceptors (Lipinski definition) is 4. The van der Waals surface area contributed by atoms with Crippen molar-refractivity contribution < 1.29 is 37.1 Å². The van der Waals surface area contributed by atoms with Crippen LogP contribution in [0.3, 0.4) is 0 Å². The molecule has 0 amide bonds. The molecule has 0 spiro atoms. The van der Waals surface area contributed by atoms with E-state index in [4.69, 9.17) is 11.1 Å². The van der Waals surface area contributed by atoms with E-state index in [1.54, 1.807) is 12.1 Å². The molecule has 8 heteroatoms. The van der Waals surface area contributed by atoms with Crippen LogP contribution in [0.15, 0.2) is 48.0 Å². The van der Waals surface area contributed by atoms with Gasteiger partial charge in [-0.25, -0.2) is 14.4 Å². The fraction of sp³-hybridized carbons (Fsp3) is 0.435. The zero-order valence-electron chi connectivity index (χ0n) is 18.4. The summed E-state index contributed by atoms with van der Waals surface area (Å²) in [5.41, 5.74) is 9.81. The van der Waals surface area contributed by atoms with Gasteiger partial charge in [-0.2, -0.15) is 5.10 Å². The van der Waals surface area contributed by atoms with Crippen LogP contribution in [-0.2, 0) is 32.7 Å². The minimum absolute atomic E-state index is 0. The number of aryl methyl sites for hydroxylation is 1. The molecule has 5 rings (SSSR count). The molecule has 1 saturated carbocycles. The Morgan fingerprint density at radius 3 is 2.61 bits per heavy atom. The Kier molecular flexibility index (Phi) is 9.28. The van der Waals surface area contributed by atoms with Crippen molar-refractivity contribution >= 4 is 12.4 Å². The van der Waals surface area contributed by atoms with Crippen molar-refractivity contribution in [3.05, 3.63) is 65.3 Å². The number of nitrogens with zero attached hydrogens (tertiary/aromatic N) is 5. The number of hydrazone groups is 1. The minimum Gasteiger partial charge on any atom is -0.699 e. The molecule has 3 heterocycles. The van der Waals surface area contributed by atoms with Crippen LogP contribution >= 0.6 is 0 Å². The average Bonchev–Trinajstić information content (AvgIpc) is 2.69. The number of piperidine rings is 1. The Hall–Kier alpha value is -1.70. The predicted octanol–water partition coefficient (Wildman–Crippen LogP) is 6.02. The van der Waals surface area contributed by atoms with E-state index in [2.05, 4.69) is 28.7 Å². The monoisotopic (exact) mass is 497 g/mol. The summed E-state index contributed by atoms with van der Waals surface area (Å²) < 4.78 is 12.6. The van der Waals surface area contributed by atoms with Crippen molar-refractivity contribution in [3.63, 3.8) is 0 Å². The number of fused-ring (bicyclic) bond motifs is 2. The first-order chi connectivity index (χ1) is 14.3. The molecule has 2 aliphatic heterocycles. The van der Waals surface area contributed by atoms with Gasteiger partial charge in [0.15, 0.2) is 11.6 Å². The van der Waals surface area contributed by atoms with Crippen LogP contribution in [0.2, 0.25) is 0 Å². The summed E-state index contributed by atoms with van der Waals surface area (Å²) >= 11 is 0. The Morgan fingerprint density at radius 2 is 2.03 bits per heavy atom. The summed E-state index contributed by atoms with van der Waals surface area (Å²) in [6.45, 7) is 10.7. The zero-order chi connectivity index (χ0) is 21.7. The molecule has 1 aromatic heterocycles. The van der Waals surface area contributed by atoms with Gasteiger partial charge in [-0.15, -0.1) is 17.3 Å². The van der Waals surface area contributed by atoms with Gasteiger partial charge < -0.3 is 11.1 Å². The number of allylic oxidation sites excluding steroid dienone is 1. The van der Waals surface area contributed by atoms with Gasteiger partial charge in [0, 0.05) is 57.7 Å². The van der Waals surface area contributed by atoms with Crippen LogP contribution in [0, 0.1) is 18.7 Å². The molecule has 163 valence electrons. The second-order valence-electron chi connectivity index (χ2n) is 8.23. The Bertz CT molecular complexity index is 895. The van der Waals surface area contributed by atoms with Crippen molar-refractivity contribution in [2.24, 2.45) is 11.0 Å². The van der Waals surface area contributed by atoms with Crippen LogP contribution in [0.4, 0.5) is 10.1 Å². The molecule has 1 N–H and O–H groups in total. The molecule has 3 fully saturated rings. The van der Waals surface area contributed by atoms with Gasteiger partial charge in [-0.05, 0) is 25.3 Å². The number of halogens is 1. The van der Waals surface area contributed by atoms with Crippen molar-refractivity contribution in [1.82, 2.24) is 15.0 Å². The zero-order valence-corrected chi connectivity index (χ0v) is 21.3. The van der Waals surface area contributed by atoms with Gasteiger partial charge in [0.2, 0.25) is 0 Å². The SMILES string of the molecule is C=NN(/C=C\C)CC12CC(C)CC(C1)[N-]2.Cc1ccc([NH-])cc1-c1ncc(F)cn1.[Y]. The second-order valence-corrected chi connectivity index (χ2v) is 8.23. The van der Waals surface area contributed by atoms with E-state index < -0.39 is 5.82 Å². The van der Waals surface area contributed by atoms with E-state index in [0.717, 1.165) is 36.0 Å². The first-order valence-corrected chi connectivity index (χ1v) is 10.2. The second kappa shape index (κ2) is 11.3. The van der Waals surface area contributed by atoms with Crippen LogP contribution in [-0.4, -0.2) is 39.8 Å². The summed E-state index contributed by atoms with van der Waals surface area (Å²) in [5.74, 6) is 0.806. The Balaban J connectivity index is 0.000000213. The van der Waals surface area contributed by atoms with Gasteiger partial charge in [0.1, 0.15) is 0 Å². The van der Waals surface area contributed by atoms with E-state index in [1.165, 1.54) is 19.3 Å². The topological polar surface area (TPSA) is 79.3 Å². The standard InChI is InChI=1S/C12H20N3.C11H9FN3.Y/c1-4-5-15(13-3)9-12-7-10(2)6-11(8-12)14-12;1-7-2-3-9(13)4-10(7)11-14-5-8(12)6-15-11;/h4-5,10-11H,3,6-9H2,1-2H3;2-6,13H,1H3;/q2*-1;/b5-4-;;. The smallest absolute Gasteiger partial charge is 0.159 e. The average molecular weight is 497 g/mol. The van der Waals surface area contributed by atoms with Gasteiger partial charge in [-0.3, -0.25) is 5.01 Å². The molecule has 2 bridgehead atoms. The molecule has 1 aliphatic carbocycles. The number of rotatable bonds is 5.